The predicted octanol–water partition coefficient (Wildman–Crippen LogP) is 2.66. The molecular weight excluding hydrogens is 434 g/mol. The quantitative estimate of drug-likeness (QED) is 0.555. The minimum absolute atomic E-state index is 0.0609. The molecule has 0 spiro atoms. The van der Waals surface area contributed by atoms with Crippen molar-refractivity contribution in [3.05, 3.63) is 72.3 Å². The molecule has 2 N–H and O–H groups in total. The number of benzene rings is 2. The Hall–Kier alpha value is -3.81. The monoisotopic (exact) mass is 465 g/mol. The van der Waals surface area contributed by atoms with Crippen LogP contribution in [-0.4, -0.2) is 62.5 Å². The van der Waals surface area contributed by atoms with Crippen molar-refractivity contribution in [1.29, 1.82) is 0 Å². The van der Waals surface area contributed by atoms with E-state index in [1.54, 1.807) is 66.6 Å². The lowest BCUT2D eigenvalue weighted by Crippen LogP contribution is -2.53. The molecule has 1 aliphatic rings. The van der Waals surface area contributed by atoms with Gasteiger partial charge < -0.3 is 25.0 Å². The highest BCUT2D eigenvalue weighted by Gasteiger charge is 2.34. The molecule has 1 saturated heterocycles. The highest BCUT2D eigenvalue weighted by molar-refractivity contribution is 5.98. The number of carbonyl (C=O) groups is 3. The summed E-state index contributed by atoms with van der Waals surface area (Å²) in [6.45, 7) is 4.93. The van der Waals surface area contributed by atoms with E-state index in [2.05, 4.69) is 17.2 Å². The smallest absolute Gasteiger partial charge is 0.253 e. The van der Waals surface area contributed by atoms with Crippen molar-refractivity contribution in [3.8, 4) is 11.5 Å². The topological polar surface area (TPSA) is 97.0 Å². The van der Waals surface area contributed by atoms with Gasteiger partial charge in [0.1, 0.15) is 17.5 Å². The molecule has 1 unspecified atom stereocenters. The second kappa shape index (κ2) is 11.9. The summed E-state index contributed by atoms with van der Waals surface area (Å²) in [7, 11) is 3.11. The summed E-state index contributed by atoms with van der Waals surface area (Å²) in [5.74, 6) is 0.458. The van der Waals surface area contributed by atoms with Gasteiger partial charge in [0.2, 0.25) is 5.91 Å². The van der Waals surface area contributed by atoms with Gasteiger partial charge in [-0.2, -0.15) is 0 Å². The Bertz CT molecular complexity index is 1010. The highest BCUT2D eigenvalue weighted by atomic mass is 16.5. The van der Waals surface area contributed by atoms with Crippen molar-refractivity contribution in [1.82, 2.24) is 15.5 Å². The molecule has 8 heteroatoms. The van der Waals surface area contributed by atoms with E-state index in [-0.39, 0.29) is 23.6 Å². The van der Waals surface area contributed by atoms with Gasteiger partial charge in [0, 0.05) is 30.8 Å². The third-order valence-corrected chi connectivity index (χ3v) is 5.96. The van der Waals surface area contributed by atoms with E-state index in [1.165, 1.54) is 7.11 Å². The van der Waals surface area contributed by atoms with Gasteiger partial charge in [0.05, 0.1) is 14.2 Å². The molecule has 1 fully saturated rings. The summed E-state index contributed by atoms with van der Waals surface area (Å²) in [6, 6.07) is 13.1. The van der Waals surface area contributed by atoms with Crippen LogP contribution in [0.1, 0.15) is 33.6 Å². The van der Waals surface area contributed by atoms with Crippen LogP contribution in [0.2, 0.25) is 0 Å². The SMILES string of the molecule is C=CCNC(=O)C(NC(=O)c1cccc(OC)c1)C1CCN(C(=O)c2ccc(OC)cc2)CC1. The third-order valence-electron chi connectivity index (χ3n) is 5.96. The van der Waals surface area contributed by atoms with Crippen LogP contribution in [0.15, 0.2) is 61.2 Å². The van der Waals surface area contributed by atoms with Crippen molar-refractivity contribution >= 4 is 17.7 Å². The summed E-state index contributed by atoms with van der Waals surface area (Å²) in [5.41, 5.74) is 0.999. The Kier molecular flexibility index (Phi) is 8.67. The van der Waals surface area contributed by atoms with Crippen molar-refractivity contribution in [3.63, 3.8) is 0 Å². The number of rotatable bonds is 9. The maximum Gasteiger partial charge on any atom is 0.253 e. The molecule has 2 aromatic carbocycles. The molecule has 0 aromatic heterocycles. The molecule has 0 aliphatic carbocycles. The minimum Gasteiger partial charge on any atom is -0.497 e. The largest absolute Gasteiger partial charge is 0.497 e. The zero-order chi connectivity index (χ0) is 24.5. The van der Waals surface area contributed by atoms with Gasteiger partial charge in [-0.05, 0) is 61.2 Å². The highest BCUT2D eigenvalue weighted by Crippen LogP contribution is 2.24. The zero-order valence-corrected chi connectivity index (χ0v) is 19.6. The van der Waals surface area contributed by atoms with E-state index < -0.39 is 6.04 Å². The number of likely N-dealkylation sites (tertiary alicyclic amines) is 1. The number of methoxy groups -OCH3 is 2. The van der Waals surface area contributed by atoms with E-state index >= 15 is 0 Å². The number of hydrogen-bond donors (Lipinski definition) is 2. The van der Waals surface area contributed by atoms with Gasteiger partial charge in [-0.25, -0.2) is 0 Å². The Balaban J connectivity index is 1.68. The maximum absolute atomic E-state index is 12.9. The van der Waals surface area contributed by atoms with Gasteiger partial charge in [-0.15, -0.1) is 6.58 Å². The summed E-state index contributed by atoms with van der Waals surface area (Å²) >= 11 is 0. The number of amides is 3. The predicted molar refractivity (Wildman–Crippen MR) is 129 cm³/mol. The van der Waals surface area contributed by atoms with Gasteiger partial charge in [-0.1, -0.05) is 12.1 Å². The van der Waals surface area contributed by atoms with Crippen LogP contribution < -0.4 is 20.1 Å². The van der Waals surface area contributed by atoms with E-state index in [9.17, 15) is 14.4 Å². The Labute approximate surface area is 199 Å². The Morgan fingerprint density at radius 3 is 2.32 bits per heavy atom. The van der Waals surface area contributed by atoms with Crippen molar-refractivity contribution in [2.24, 2.45) is 5.92 Å². The van der Waals surface area contributed by atoms with Crippen LogP contribution in [0.5, 0.6) is 11.5 Å². The summed E-state index contributed by atoms with van der Waals surface area (Å²) < 4.78 is 10.3. The normalized spacial score (nSPS) is 14.6. The number of nitrogens with one attached hydrogen (secondary N) is 2. The molecule has 3 rings (SSSR count). The molecule has 0 radical (unpaired) electrons. The first-order chi connectivity index (χ1) is 16.5. The molecule has 1 atom stereocenters. The van der Waals surface area contributed by atoms with Gasteiger partial charge in [0.25, 0.3) is 11.8 Å². The van der Waals surface area contributed by atoms with Gasteiger partial charge >= 0.3 is 0 Å². The fourth-order valence-electron chi connectivity index (χ4n) is 4.02. The molecule has 0 bridgehead atoms. The van der Waals surface area contributed by atoms with Crippen LogP contribution in [0.25, 0.3) is 0 Å². The van der Waals surface area contributed by atoms with Crippen molar-refractivity contribution in [2.45, 2.75) is 18.9 Å². The van der Waals surface area contributed by atoms with Crippen LogP contribution in [-0.2, 0) is 4.79 Å². The fraction of sp³-hybridized carbons (Fsp3) is 0.346. The zero-order valence-electron chi connectivity index (χ0n) is 19.6. The van der Waals surface area contributed by atoms with E-state index in [1.807, 2.05) is 0 Å². The number of piperidine rings is 1. The van der Waals surface area contributed by atoms with Crippen LogP contribution >= 0.6 is 0 Å². The first kappa shape index (κ1) is 24.8. The van der Waals surface area contributed by atoms with Gasteiger partial charge in [0.15, 0.2) is 0 Å². The Morgan fingerprint density at radius 2 is 1.71 bits per heavy atom. The van der Waals surface area contributed by atoms with Gasteiger partial charge in [-0.3, -0.25) is 14.4 Å². The minimum atomic E-state index is -0.725. The summed E-state index contributed by atoms with van der Waals surface area (Å²) in [4.78, 5) is 40.5. The second-order valence-corrected chi connectivity index (χ2v) is 8.08. The number of nitrogens with zero attached hydrogens (tertiary/aromatic N) is 1. The second-order valence-electron chi connectivity index (χ2n) is 8.08. The fourth-order valence-corrected chi connectivity index (χ4v) is 4.02. The lowest BCUT2D eigenvalue weighted by Gasteiger charge is -2.36. The molecule has 8 nitrogen and oxygen atoms in total. The first-order valence-corrected chi connectivity index (χ1v) is 11.2. The van der Waals surface area contributed by atoms with Crippen LogP contribution in [0.4, 0.5) is 0 Å². The maximum atomic E-state index is 12.9. The average molecular weight is 466 g/mol. The Morgan fingerprint density at radius 1 is 1.03 bits per heavy atom. The number of hydrogen-bond acceptors (Lipinski definition) is 5. The van der Waals surface area contributed by atoms with Crippen molar-refractivity contribution < 1.29 is 23.9 Å². The lowest BCUT2D eigenvalue weighted by molar-refractivity contribution is -0.124. The van der Waals surface area contributed by atoms with Crippen molar-refractivity contribution in [2.75, 3.05) is 33.9 Å². The standard InChI is InChI=1S/C26H31N3O5/c1-4-14-27-25(31)23(28-24(30)20-6-5-7-22(17-20)34-3)18-12-15-29(16-13-18)26(32)19-8-10-21(33-2)11-9-19/h4-11,17-18,23H,1,12-16H2,2-3H3,(H,27,31)(H,28,30). The molecule has 180 valence electrons. The average Bonchev–Trinajstić information content (AvgIpc) is 2.90. The molecule has 3 amide bonds. The molecule has 0 saturated carbocycles. The molecule has 2 aromatic rings. The molecular formula is C26H31N3O5. The number of ether oxygens (including phenoxy) is 2. The van der Waals surface area contributed by atoms with Crippen LogP contribution in [0, 0.1) is 5.92 Å². The number of carbonyl (C=O) groups excluding carboxylic acids is 3. The molecule has 34 heavy (non-hydrogen) atoms. The van der Waals surface area contributed by atoms with E-state index in [4.69, 9.17) is 9.47 Å². The summed E-state index contributed by atoms with van der Waals surface area (Å²) in [5, 5.41) is 5.68. The summed E-state index contributed by atoms with van der Waals surface area (Å²) in [6.07, 6.45) is 2.77. The van der Waals surface area contributed by atoms with E-state index in [0.29, 0.717) is 55.1 Å². The third kappa shape index (κ3) is 6.15. The first-order valence-electron chi connectivity index (χ1n) is 11.2. The lowest BCUT2D eigenvalue weighted by atomic mass is 9.88. The molecule has 1 heterocycles. The molecule has 1 aliphatic heterocycles. The van der Waals surface area contributed by atoms with E-state index in [0.717, 1.165) is 0 Å². The van der Waals surface area contributed by atoms with Crippen LogP contribution in [0.3, 0.4) is 0 Å².